The summed E-state index contributed by atoms with van der Waals surface area (Å²) in [6.07, 6.45) is 1.19. The van der Waals surface area contributed by atoms with Crippen LogP contribution in [0.15, 0.2) is 142 Å². The molecule has 3 heteroatoms. The van der Waals surface area contributed by atoms with E-state index in [0.717, 1.165) is 0 Å². The normalized spacial score (nSPS) is 15.6. The second kappa shape index (κ2) is 14.8. The summed E-state index contributed by atoms with van der Waals surface area (Å²) in [5.41, 5.74) is 7.25. The molecular formula is C37H44NSiTi. The maximum absolute atomic E-state index is 4.25. The molecular weight excluding hydrogens is 534 g/mol. The van der Waals surface area contributed by atoms with Gasteiger partial charge >= 0.3 is 179 Å². The van der Waals surface area contributed by atoms with E-state index in [1.807, 2.05) is 12.1 Å². The standard InChI is InChI=1S/C12H11Si.C12H10.C9H13.C4H10N.Ti/c1-3-7-11(8-4-1)13-12-9-5-2-6-10-12;1-3-7-11(8-4-1)12-9-5-2-6-10-12;1-6-5-7(2)9(4)8(6)3;1-3-4(2)5;/h1-10,13H;1-10H;6H,1-4H3;4-5H,3H2,1-2H3;/q;;;-1;+1. The zero-order valence-electron chi connectivity index (χ0n) is 25.0. The maximum atomic E-state index is 4.25. The predicted molar refractivity (Wildman–Crippen MR) is 174 cm³/mol. The van der Waals surface area contributed by atoms with Crippen molar-refractivity contribution in [1.29, 1.82) is 0 Å². The molecule has 0 spiro atoms. The van der Waals surface area contributed by atoms with E-state index in [0.29, 0.717) is 12.0 Å². The molecule has 5 rings (SSSR count). The van der Waals surface area contributed by atoms with Crippen molar-refractivity contribution in [2.45, 2.75) is 54.0 Å². The van der Waals surface area contributed by atoms with Crippen LogP contribution in [0.25, 0.3) is 11.1 Å². The van der Waals surface area contributed by atoms with Crippen LogP contribution in [0.5, 0.6) is 0 Å². The van der Waals surface area contributed by atoms with Crippen molar-refractivity contribution in [1.82, 2.24) is 3.80 Å². The van der Waals surface area contributed by atoms with E-state index in [1.165, 1.54) is 23.1 Å². The quantitative estimate of drug-likeness (QED) is 0.209. The van der Waals surface area contributed by atoms with E-state index < -0.39 is 24.0 Å². The predicted octanol–water partition coefficient (Wildman–Crippen LogP) is 8.06. The van der Waals surface area contributed by atoms with Crippen LogP contribution in [0, 0.1) is 5.92 Å². The molecule has 40 heavy (non-hydrogen) atoms. The van der Waals surface area contributed by atoms with Gasteiger partial charge in [0, 0.05) is 0 Å². The first-order chi connectivity index (χ1) is 19.4. The minimum atomic E-state index is -1.76. The summed E-state index contributed by atoms with van der Waals surface area (Å²) in [4.78, 5) is 0. The summed E-state index contributed by atoms with van der Waals surface area (Å²) in [6, 6.07) is 44.1. The first kappa shape index (κ1) is 30.2. The van der Waals surface area contributed by atoms with Gasteiger partial charge in [0.2, 0.25) is 0 Å². The van der Waals surface area contributed by atoms with Gasteiger partial charge in [-0.15, -0.1) is 0 Å². The minimum Gasteiger partial charge on any atom is -0.0622 e. The molecule has 1 aliphatic carbocycles. The molecule has 1 nitrogen and oxygen atoms in total. The van der Waals surface area contributed by atoms with Crippen molar-refractivity contribution in [2.24, 2.45) is 5.92 Å². The van der Waals surface area contributed by atoms with Crippen LogP contribution in [-0.2, 0) is 17.4 Å². The van der Waals surface area contributed by atoms with Gasteiger partial charge in [0.25, 0.3) is 0 Å². The van der Waals surface area contributed by atoms with Crippen LogP contribution >= 0.6 is 0 Å². The van der Waals surface area contributed by atoms with Gasteiger partial charge < -0.3 is 0 Å². The molecule has 1 N–H and O–H groups in total. The summed E-state index contributed by atoms with van der Waals surface area (Å²) in [5.74, 6) is 0.592. The smallest absolute Gasteiger partial charge is 0.0184 e. The second-order valence-electron chi connectivity index (χ2n) is 10.9. The first-order valence-electron chi connectivity index (χ1n) is 14.6. The van der Waals surface area contributed by atoms with E-state index in [4.69, 9.17) is 0 Å². The summed E-state index contributed by atoms with van der Waals surface area (Å²) >= 11 is -1.76. The van der Waals surface area contributed by atoms with Crippen LogP contribution < -0.4 is 14.2 Å². The Kier molecular flexibility index (Phi) is 11.1. The second-order valence-corrected chi connectivity index (χ2v) is 20.8. The molecule has 0 bridgehead atoms. The molecule has 0 radical (unpaired) electrons. The Morgan fingerprint density at radius 1 is 0.650 bits per heavy atom. The van der Waals surface area contributed by atoms with Gasteiger partial charge in [-0.3, -0.25) is 0 Å². The minimum absolute atomic E-state index is 0.575. The Morgan fingerprint density at radius 3 is 1.40 bits per heavy atom. The van der Waals surface area contributed by atoms with Gasteiger partial charge in [-0.1, -0.05) is 60.7 Å². The number of hydrogen-bond acceptors (Lipinski definition) is 1. The fourth-order valence-electron chi connectivity index (χ4n) is 5.56. The fourth-order valence-corrected chi connectivity index (χ4v) is 21.9. The van der Waals surface area contributed by atoms with E-state index in [9.17, 15) is 0 Å². The molecule has 0 fully saturated rings. The fraction of sp³-hybridized carbons (Fsp3) is 0.243. The van der Waals surface area contributed by atoms with E-state index in [-0.39, 0.29) is 0 Å². The van der Waals surface area contributed by atoms with Crippen molar-refractivity contribution in [3.63, 3.8) is 0 Å². The number of allylic oxidation sites excluding steroid dienone is 4. The van der Waals surface area contributed by atoms with Crippen molar-refractivity contribution >= 4 is 17.0 Å². The molecule has 0 amide bonds. The Labute approximate surface area is 250 Å². The average Bonchev–Trinajstić information content (AvgIpc) is 3.21. The molecule has 2 atom stereocenters. The third-order valence-electron chi connectivity index (χ3n) is 8.38. The van der Waals surface area contributed by atoms with E-state index in [1.54, 1.807) is 25.4 Å². The van der Waals surface area contributed by atoms with Gasteiger partial charge in [-0.05, 0) is 11.1 Å². The molecule has 0 heterocycles. The molecule has 4 aromatic carbocycles. The Hall–Kier alpha value is -2.75. The van der Waals surface area contributed by atoms with Crippen LogP contribution in [0.1, 0.15) is 48.0 Å². The molecule has 0 aromatic heterocycles. The monoisotopic (exact) mass is 578 g/mol. The van der Waals surface area contributed by atoms with E-state index >= 15 is 0 Å². The summed E-state index contributed by atoms with van der Waals surface area (Å²) in [7, 11) is 0. The van der Waals surface area contributed by atoms with Crippen molar-refractivity contribution in [3.8, 4) is 11.1 Å². The van der Waals surface area contributed by atoms with Crippen molar-refractivity contribution < 1.29 is 17.4 Å². The van der Waals surface area contributed by atoms with Crippen LogP contribution in [-0.4, -0.2) is 12.7 Å². The summed E-state index contributed by atoms with van der Waals surface area (Å²) in [5, 5.41) is 3.18. The first-order valence-corrected chi connectivity index (χ1v) is 20.6. The molecule has 4 aromatic rings. The van der Waals surface area contributed by atoms with Crippen LogP contribution in [0.3, 0.4) is 0 Å². The Balaban J connectivity index is 0.000000255. The number of nitrogens with one attached hydrogen (secondary N) is 1. The van der Waals surface area contributed by atoms with Gasteiger partial charge in [-0.25, -0.2) is 0 Å². The van der Waals surface area contributed by atoms with Gasteiger partial charge in [0.15, 0.2) is 0 Å². The zero-order valence-corrected chi connectivity index (χ0v) is 27.7. The van der Waals surface area contributed by atoms with Gasteiger partial charge in [0.1, 0.15) is 0 Å². The van der Waals surface area contributed by atoms with Crippen LogP contribution in [0.4, 0.5) is 0 Å². The Morgan fingerprint density at radius 2 is 1.05 bits per heavy atom. The molecule has 205 valence electrons. The molecule has 2 unspecified atom stereocenters. The Bertz CT molecular complexity index is 1320. The number of hydrogen-bond donors (Lipinski definition) is 1. The van der Waals surface area contributed by atoms with Crippen molar-refractivity contribution in [2.75, 3.05) is 0 Å². The SMILES string of the molecule is CCC(C)[NH][Ti]([C]1=C(C)C(C)=C(C)C1C)[SiH](c1ccccc1)c1ccccc1.c1ccc(-c2ccccc2)cc1. The topological polar surface area (TPSA) is 12.0 Å². The number of benzene rings is 4. The third-order valence-corrected chi connectivity index (χ3v) is 22.3. The largest absolute Gasteiger partial charge is 0.0622 e. The van der Waals surface area contributed by atoms with Gasteiger partial charge in [-0.2, -0.15) is 0 Å². The third kappa shape index (κ3) is 7.30. The zero-order chi connectivity index (χ0) is 28.5. The summed E-state index contributed by atoms with van der Waals surface area (Å²) < 4.78 is 6.04. The average molecular weight is 579 g/mol. The summed E-state index contributed by atoms with van der Waals surface area (Å²) in [6.45, 7) is 12.8. The molecule has 0 saturated carbocycles. The van der Waals surface area contributed by atoms with Crippen molar-refractivity contribution in [3.05, 3.63) is 142 Å². The van der Waals surface area contributed by atoms with Gasteiger partial charge in [0.05, 0.1) is 0 Å². The molecule has 1 aliphatic rings. The number of rotatable bonds is 8. The van der Waals surface area contributed by atoms with E-state index in [2.05, 4.69) is 155 Å². The van der Waals surface area contributed by atoms with Crippen LogP contribution in [0.2, 0.25) is 0 Å². The molecule has 0 saturated heterocycles. The molecule has 0 aliphatic heterocycles. The maximum Gasteiger partial charge on any atom is -0.0184 e.